The first-order chi connectivity index (χ1) is 12.8. The first-order valence-electron chi connectivity index (χ1n) is 8.74. The van der Waals surface area contributed by atoms with Gasteiger partial charge in [-0.1, -0.05) is 0 Å². The van der Waals surface area contributed by atoms with Crippen LogP contribution in [0.1, 0.15) is 36.9 Å². The van der Waals surface area contributed by atoms with Gasteiger partial charge in [-0.2, -0.15) is 0 Å². The molecule has 0 aromatic carbocycles. The van der Waals surface area contributed by atoms with Gasteiger partial charge in [-0.15, -0.1) is 11.3 Å². The van der Waals surface area contributed by atoms with Crippen molar-refractivity contribution in [3.8, 4) is 10.7 Å². The Labute approximate surface area is 160 Å². The van der Waals surface area contributed by atoms with Crippen molar-refractivity contribution >= 4 is 23.2 Å². The molecule has 2 aromatic heterocycles. The Morgan fingerprint density at radius 1 is 1.33 bits per heavy atom. The van der Waals surface area contributed by atoms with Crippen LogP contribution >= 0.6 is 11.3 Å². The molecule has 1 aliphatic rings. The van der Waals surface area contributed by atoms with Crippen molar-refractivity contribution in [1.82, 2.24) is 15.3 Å². The van der Waals surface area contributed by atoms with E-state index in [9.17, 15) is 13.6 Å². The molecule has 0 bridgehead atoms. The number of nitrogens with one attached hydrogen (secondary N) is 2. The highest BCUT2D eigenvalue weighted by Gasteiger charge is 2.35. The Morgan fingerprint density at radius 2 is 2.07 bits per heavy atom. The van der Waals surface area contributed by atoms with Crippen molar-refractivity contribution in [1.29, 1.82) is 0 Å². The van der Waals surface area contributed by atoms with Crippen LogP contribution in [0.25, 0.3) is 10.7 Å². The first kappa shape index (κ1) is 19.5. The number of nitrogens with zero attached hydrogens (tertiary/aromatic N) is 2. The van der Waals surface area contributed by atoms with E-state index in [1.807, 2.05) is 24.4 Å². The minimum Gasteiger partial charge on any atom is -0.453 e. The molecule has 0 radical (unpaired) electrons. The molecule has 1 fully saturated rings. The average molecular weight is 396 g/mol. The van der Waals surface area contributed by atoms with Gasteiger partial charge in [0, 0.05) is 36.5 Å². The molecule has 146 valence electrons. The van der Waals surface area contributed by atoms with Crippen LogP contribution in [0, 0.1) is 6.92 Å². The SMILES string of the molecule is COC(=O)NCc1cc(NC2CCC(F)(F)CC2)nc(-c2nc(C)cs2)c1. The van der Waals surface area contributed by atoms with Gasteiger partial charge in [0.25, 0.3) is 0 Å². The lowest BCUT2D eigenvalue weighted by Gasteiger charge is -2.29. The van der Waals surface area contributed by atoms with Crippen molar-refractivity contribution in [2.75, 3.05) is 12.4 Å². The quantitative estimate of drug-likeness (QED) is 0.785. The fourth-order valence-corrected chi connectivity index (χ4v) is 3.74. The van der Waals surface area contributed by atoms with Gasteiger partial charge in [-0.25, -0.2) is 23.5 Å². The fraction of sp³-hybridized carbons (Fsp3) is 0.500. The number of carbonyl (C=O) groups excluding carboxylic acids is 1. The van der Waals surface area contributed by atoms with Gasteiger partial charge in [0.05, 0.1) is 7.11 Å². The average Bonchev–Trinajstić information content (AvgIpc) is 3.08. The van der Waals surface area contributed by atoms with Gasteiger partial charge in [-0.05, 0) is 37.5 Å². The maximum absolute atomic E-state index is 13.4. The third kappa shape index (κ3) is 5.35. The number of pyridine rings is 1. The van der Waals surface area contributed by atoms with Gasteiger partial charge in [0.15, 0.2) is 0 Å². The largest absolute Gasteiger partial charge is 0.453 e. The molecule has 0 aliphatic heterocycles. The van der Waals surface area contributed by atoms with Crippen LogP contribution in [0.5, 0.6) is 0 Å². The summed E-state index contributed by atoms with van der Waals surface area (Å²) in [5, 5.41) is 8.61. The Bertz CT molecular complexity index is 802. The highest BCUT2D eigenvalue weighted by atomic mass is 32.1. The predicted octanol–water partition coefficient (Wildman–Crippen LogP) is 4.36. The fourth-order valence-electron chi connectivity index (χ4n) is 2.98. The van der Waals surface area contributed by atoms with Gasteiger partial charge in [-0.3, -0.25) is 0 Å². The number of methoxy groups -OCH3 is 1. The third-order valence-electron chi connectivity index (χ3n) is 4.41. The molecule has 0 unspecified atom stereocenters. The van der Waals surface area contributed by atoms with E-state index in [2.05, 4.69) is 25.3 Å². The summed E-state index contributed by atoms with van der Waals surface area (Å²) < 4.78 is 31.4. The zero-order valence-electron chi connectivity index (χ0n) is 15.2. The molecule has 0 atom stereocenters. The lowest BCUT2D eigenvalue weighted by atomic mass is 9.92. The molecule has 9 heteroatoms. The van der Waals surface area contributed by atoms with Crippen molar-refractivity contribution in [2.24, 2.45) is 0 Å². The predicted molar refractivity (Wildman–Crippen MR) is 100 cm³/mol. The summed E-state index contributed by atoms with van der Waals surface area (Å²) in [5.41, 5.74) is 2.40. The van der Waals surface area contributed by atoms with Crippen LogP contribution in [0.3, 0.4) is 0 Å². The molecule has 27 heavy (non-hydrogen) atoms. The monoisotopic (exact) mass is 396 g/mol. The van der Waals surface area contributed by atoms with Crippen molar-refractivity contribution in [3.05, 3.63) is 28.8 Å². The molecule has 1 amide bonds. The number of alkyl carbamates (subject to hydrolysis) is 1. The van der Waals surface area contributed by atoms with Gasteiger partial charge < -0.3 is 15.4 Å². The van der Waals surface area contributed by atoms with Crippen LogP contribution in [0.4, 0.5) is 19.4 Å². The van der Waals surface area contributed by atoms with Crippen LogP contribution in [0.2, 0.25) is 0 Å². The third-order valence-corrected chi connectivity index (χ3v) is 5.40. The number of hydrogen-bond acceptors (Lipinski definition) is 6. The Kier molecular flexibility index (Phi) is 5.88. The van der Waals surface area contributed by atoms with E-state index < -0.39 is 12.0 Å². The zero-order valence-corrected chi connectivity index (χ0v) is 16.0. The zero-order chi connectivity index (χ0) is 19.4. The maximum Gasteiger partial charge on any atom is 0.407 e. The molecule has 0 saturated heterocycles. The van der Waals surface area contributed by atoms with Crippen LogP contribution in [-0.2, 0) is 11.3 Å². The second kappa shape index (κ2) is 8.16. The second-order valence-electron chi connectivity index (χ2n) is 6.66. The van der Waals surface area contributed by atoms with E-state index in [1.165, 1.54) is 18.4 Å². The molecule has 2 heterocycles. The highest BCUT2D eigenvalue weighted by Crippen LogP contribution is 2.34. The Hall–Kier alpha value is -2.29. The lowest BCUT2D eigenvalue weighted by molar-refractivity contribution is -0.0361. The molecule has 1 aliphatic carbocycles. The summed E-state index contributed by atoms with van der Waals surface area (Å²) in [6, 6.07) is 3.62. The number of alkyl halides is 2. The standard InChI is InChI=1S/C18H22F2N4O2S/c1-11-10-27-16(22-11)14-7-12(9-21-17(25)26-2)8-15(24-14)23-13-3-5-18(19,20)6-4-13/h7-8,10,13H,3-6,9H2,1-2H3,(H,21,25)(H,23,24). The summed E-state index contributed by atoms with van der Waals surface area (Å²) in [6.45, 7) is 2.17. The van der Waals surface area contributed by atoms with E-state index >= 15 is 0 Å². The molecule has 2 N–H and O–H groups in total. The molecule has 1 saturated carbocycles. The number of anilines is 1. The summed E-state index contributed by atoms with van der Waals surface area (Å²) in [6.07, 6.45) is 0.0257. The van der Waals surface area contributed by atoms with Crippen LogP contribution in [0.15, 0.2) is 17.5 Å². The summed E-state index contributed by atoms with van der Waals surface area (Å²) in [5.74, 6) is -1.97. The summed E-state index contributed by atoms with van der Waals surface area (Å²) in [7, 11) is 1.30. The molecule has 2 aromatic rings. The minimum atomic E-state index is -2.57. The number of rotatable bonds is 5. The Balaban J connectivity index is 1.80. The molecule has 0 spiro atoms. The summed E-state index contributed by atoms with van der Waals surface area (Å²) >= 11 is 1.48. The summed E-state index contributed by atoms with van der Waals surface area (Å²) in [4.78, 5) is 20.4. The van der Waals surface area contributed by atoms with E-state index in [-0.39, 0.29) is 25.4 Å². The number of amides is 1. The van der Waals surface area contributed by atoms with Gasteiger partial charge in [0.1, 0.15) is 16.5 Å². The number of halogens is 2. The van der Waals surface area contributed by atoms with Crippen LogP contribution in [-0.4, -0.2) is 35.1 Å². The van der Waals surface area contributed by atoms with Crippen molar-refractivity contribution in [2.45, 2.75) is 51.1 Å². The molecule has 3 rings (SSSR count). The van der Waals surface area contributed by atoms with E-state index in [1.54, 1.807) is 0 Å². The first-order valence-corrected chi connectivity index (χ1v) is 9.62. The van der Waals surface area contributed by atoms with E-state index in [0.29, 0.717) is 24.4 Å². The number of aromatic nitrogens is 2. The number of aryl methyl sites for hydroxylation is 1. The highest BCUT2D eigenvalue weighted by molar-refractivity contribution is 7.13. The molecule has 6 nitrogen and oxygen atoms in total. The van der Waals surface area contributed by atoms with E-state index in [4.69, 9.17) is 0 Å². The molecular weight excluding hydrogens is 374 g/mol. The Morgan fingerprint density at radius 3 is 2.70 bits per heavy atom. The normalized spacial score (nSPS) is 16.7. The smallest absolute Gasteiger partial charge is 0.407 e. The van der Waals surface area contributed by atoms with Gasteiger partial charge >= 0.3 is 6.09 Å². The minimum absolute atomic E-state index is 0.0492. The molecular formula is C18H22F2N4O2S. The number of thiazole rings is 1. The van der Waals surface area contributed by atoms with Gasteiger partial charge in [0.2, 0.25) is 5.92 Å². The maximum atomic E-state index is 13.4. The van der Waals surface area contributed by atoms with Crippen molar-refractivity contribution < 1.29 is 18.3 Å². The topological polar surface area (TPSA) is 76.1 Å². The van der Waals surface area contributed by atoms with Crippen LogP contribution < -0.4 is 10.6 Å². The second-order valence-corrected chi connectivity index (χ2v) is 7.52. The number of hydrogen-bond donors (Lipinski definition) is 2. The van der Waals surface area contributed by atoms with E-state index in [0.717, 1.165) is 16.3 Å². The number of carbonyl (C=O) groups is 1. The number of ether oxygens (including phenoxy) is 1. The van der Waals surface area contributed by atoms with Crippen molar-refractivity contribution in [3.63, 3.8) is 0 Å². The lowest BCUT2D eigenvalue weighted by Crippen LogP contribution is -2.32.